The quantitative estimate of drug-likeness (QED) is 0.699. The molecule has 110 valence electrons. The highest BCUT2D eigenvalue weighted by molar-refractivity contribution is 6.20. The molecule has 0 spiro atoms. The van der Waals surface area contributed by atoms with Crippen LogP contribution in [-0.4, -0.2) is 21.9 Å². The molecule has 2 rings (SSSR count). The van der Waals surface area contributed by atoms with Gasteiger partial charge in [0.25, 0.3) is 0 Å². The van der Waals surface area contributed by atoms with E-state index in [4.69, 9.17) is 18.8 Å². The number of hydrogen-bond acceptors (Lipinski definition) is 4. The second-order valence-corrected chi connectivity index (χ2v) is 4.49. The van der Waals surface area contributed by atoms with Crippen LogP contribution in [0.25, 0.3) is 0 Å². The fourth-order valence-corrected chi connectivity index (χ4v) is 2.00. The summed E-state index contributed by atoms with van der Waals surface area (Å²) in [5.41, 5.74) is 1.99. The molecular weight excluding hydrogens is 267 g/mol. The van der Waals surface area contributed by atoms with E-state index < -0.39 is 0 Å². The molecule has 0 amide bonds. The number of para-hydroxylation sites is 2. The third-order valence-corrected chi connectivity index (χ3v) is 2.97. The van der Waals surface area contributed by atoms with Gasteiger partial charge in [-0.1, -0.05) is 36.4 Å². The Morgan fingerprint density at radius 1 is 0.714 bits per heavy atom. The highest BCUT2D eigenvalue weighted by atomic mass is 16.6. The lowest BCUT2D eigenvalue weighted by atomic mass is 10.2. The highest BCUT2D eigenvalue weighted by Gasteiger charge is 2.07. The summed E-state index contributed by atoms with van der Waals surface area (Å²) in [7, 11) is 3.46. The number of benzene rings is 2. The molecule has 0 heterocycles. The zero-order chi connectivity index (χ0) is 14.9. The average Bonchev–Trinajstić information content (AvgIpc) is 2.51. The zero-order valence-electron chi connectivity index (χ0n) is 12.4. The molecule has 2 aromatic carbocycles. The van der Waals surface area contributed by atoms with Crippen molar-refractivity contribution in [3.8, 4) is 11.5 Å². The predicted octanol–water partition coefficient (Wildman–Crippen LogP) is 2.70. The molecule has 5 heteroatoms. The monoisotopic (exact) mass is 286 g/mol. The Bertz CT molecular complexity index is 510. The standard InChI is InChI=1S/C16H19BO4/c1-18-11-13-7-3-5-9-15(13)20-17-21-16-10-6-4-8-14(16)12-19-2/h3-10,17H,11-12H2,1-2H3. The summed E-state index contributed by atoms with van der Waals surface area (Å²) in [6, 6.07) is 15.5. The summed E-state index contributed by atoms with van der Waals surface area (Å²) in [5, 5.41) is 0. The maximum Gasteiger partial charge on any atom is 0.576 e. The van der Waals surface area contributed by atoms with Gasteiger partial charge in [-0.05, 0) is 12.1 Å². The third kappa shape index (κ3) is 4.51. The average molecular weight is 286 g/mol. The van der Waals surface area contributed by atoms with Gasteiger partial charge in [0.15, 0.2) is 0 Å². The minimum atomic E-state index is 0.140. The molecule has 0 bridgehead atoms. The first-order valence-corrected chi connectivity index (χ1v) is 6.74. The first-order chi connectivity index (χ1) is 10.3. The van der Waals surface area contributed by atoms with Crippen LogP contribution >= 0.6 is 0 Å². The lowest BCUT2D eigenvalue weighted by molar-refractivity contribution is 0.182. The van der Waals surface area contributed by atoms with E-state index in [1.165, 1.54) is 0 Å². The van der Waals surface area contributed by atoms with Crippen LogP contribution < -0.4 is 9.31 Å². The van der Waals surface area contributed by atoms with Gasteiger partial charge < -0.3 is 18.8 Å². The summed E-state index contributed by atoms with van der Waals surface area (Å²) >= 11 is 0. The second-order valence-electron chi connectivity index (χ2n) is 4.49. The molecule has 0 N–H and O–H groups in total. The molecule has 0 saturated heterocycles. The van der Waals surface area contributed by atoms with Gasteiger partial charge in [-0.15, -0.1) is 0 Å². The molecule has 21 heavy (non-hydrogen) atoms. The molecule has 0 radical (unpaired) electrons. The van der Waals surface area contributed by atoms with Gasteiger partial charge in [-0.3, -0.25) is 0 Å². The van der Waals surface area contributed by atoms with Crippen LogP contribution in [-0.2, 0) is 22.7 Å². The maximum absolute atomic E-state index is 5.68. The van der Waals surface area contributed by atoms with Gasteiger partial charge in [0.05, 0.1) is 13.2 Å². The Balaban J connectivity index is 1.95. The zero-order valence-corrected chi connectivity index (χ0v) is 12.4. The van der Waals surface area contributed by atoms with Gasteiger partial charge in [0.2, 0.25) is 0 Å². The molecule has 0 atom stereocenters. The number of rotatable bonds is 8. The van der Waals surface area contributed by atoms with E-state index in [2.05, 4.69) is 0 Å². The first-order valence-electron chi connectivity index (χ1n) is 6.74. The Kier molecular flexibility index (Phi) is 6.12. The largest absolute Gasteiger partial charge is 0.576 e. The van der Waals surface area contributed by atoms with Crippen LogP contribution in [0.4, 0.5) is 0 Å². The minimum Gasteiger partial charge on any atom is -0.528 e. The van der Waals surface area contributed by atoms with Crippen molar-refractivity contribution < 1.29 is 18.8 Å². The Morgan fingerprint density at radius 3 is 1.57 bits per heavy atom. The fraction of sp³-hybridized carbons (Fsp3) is 0.250. The van der Waals surface area contributed by atoms with E-state index in [-0.39, 0.29) is 7.69 Å². The van der Waals surface area contributed by atoms with Crippen molar-refractivity contribution in [2.45, 2.75) is 13.2 Å². The summed E-state index contributed by atoms with van der Waals surface area (Å²) in [6.45, 7) is 1.02. The molecule has 0 aromatic heterocycles. The van der Waals surface area contributed by atoms with E-state index >= 15 is 0 Å². The molecule has 4 nitrogen and oxygen atoms in total. The molecule has 0 unspecified atom stereocenters. The van der Waals surface area contributed by atoms with E-state index in [1.807, 2.05) is 48.5 Å². The smallest absolute Gasteiger partial charge is 0.528 e. The topological polar surface area (TPSA) is 36.9 Å². The minimum absolute atomic E-state index is 0.140. The number of ether oxygens (including phenoxy) is 2. The Labute approximate surface area is 125 Å². The van der Waals surface area contributed by atoms with Gasteiger partial charge in [-0.25, -0.2) is 0 Å². The van der Waals surface area contributed by atoms with Crippen molar-refractivity contribution in [1.82, 2.24) is 0 Å². The normalized spacial score (nSPS) is 10.2. The Hall–Kier alpha value is -1.98. The predicted molar refractivity (Wildman–Crippen MR) is 82.7 cm³/mol. The SMILES string of the molecule is COCc1ccccc1OBOc1ccccc1COC. The lowest BCUT2D eigenvalue weighted by Crippen LogP contribution is -2.13. The van der Waals surface area contributed by atoms with Crippen LogP contribution in [0.3, 0.4) is 0 Å². The summed E-state index contributed by atoms with van der Waals surface area (Å²) in [5.74, 6) is 1.53. The second kappa shape index (κ2) is 8.34. The Morgan fingerprint density at radius 2 is 1.14 bits per heavy atom. The molecular formula is C16H19BO4. The van der Waals surface area contributed by atoms with E-state index in [1.54, 1.807) is 14.2 Å². The van der Waals surface area contributed by atoms with E-state index in [0.717, 1.165) is 22.6 Å². The molecule has 0 fully saturated rings. The van der Waals surface area contributed by atoms with Crippen LogP contribution in [0.15, 0.2) is 48.5 Å². The van der Waals surface area contributed by atoms with Crippen molar-refractivity contribution in [2.75, 3.05) is 14.2 Å². The van der Waals surface area contributed by atoms with Crippen LogP contribution in [0, 0.1) is 0 Å². The summed E-state index contributed by atoms with van der Waals surface area (Å²) in [6.07, 6.45) is 0. The summed E-state index contributed by atoms with van der Waals surface area (Å²) in [4.78, 5) is 0. The van der Waals surface area contributed by atoms with Crippen LogP contribution in [0.5, 0.6) is 11.5 Å². The van der Waals surface area contributed by atoms with Crippen molar-refractivity contribution in [3.05, 3.63) is 59.7 Å². The first kappa shape index (κ1) is 15.4. The van der Waals surface area contributed by atoms with Crippen molar-refractivity contribution in [3.63, 3.8) is 0 Å². The van der Waals surface area contributed by atoms with Crippen LogP contribution in [0.1, 0.15) is 11.1 Å². The maximum atomic E-state index is 5.68. The van der Waals surface area contributed by atoms with Crippen molar-refractivity contribution in [1.29, 1.82) is 0 Å². The molecule has 2 aromatic rings. The molecule has 0 aliphatic carbocycles. The highest BCUT2D eigenvalue weighted by Crippen LogP contribution is 2.20. The van der Waals surface area contributed by atoms with E-state index in [9.17, 15) is 0 Å². The molecule has 0 aliphatic rings. The van der Waals surface area contributed by atoms with E-state index in [0.29, 0.717) is 13.2 Å². The number of hydrogen-bond donors (Lipinski definition) is 0. The molecule has 0 aliphatic heterocycles. The summed E-state index contributed by atoms with van der Waals surface area (Å²) < 4.78 is 21.7. The van der Waals surface area contributed by atoms with Gasteiger partial charge >= 0.3 is 7.69 Å². The number of methoxy groups -OCH3 is 2. The van der Waals surface area contributed by atoms with Gasteiger partial charge in [0.1, 0.15) is 11.5 Å². The lowest BCUT2D eigenvalue weighted by Gasteiger charge is -2.13. The fourth-order valence-electron chi connectivity index (χ4n) is 2.00. The van der Waals surface area contributed by atoms with Crippen molar-refractivity contribution in [2.24, 2.45) is 0 Å². The third-order valence-electron chi connectivity index (χ3n) is 2.97. The van der Waals surface area contributed by atoms with Crippen LogP contribution in [0.2, 0.25) is 0 Å². The van der Waals surface area contributed by atoms with Gasteiger partial charge in [0, 0.05) is 25.3 Å². The van der Waals surface area contributed by atoms with Crippen molar-refractivity contribution >= 4 is 7.69 Å². The van der Waals surface area contributed by atoms with Gasteiger partial charge in [-0.2, -0.15) is 0 Å². The molecule has 0 saturated carbocycles.